The molecule has 0 unspecified atom stereocenters. The Morgan fingerprint density at radius 3 is 2.10 bits per heavy atom. The van der Waals surface area contributed by atoms with Crippen LogP contribution in [0.5, 0.6) is 0 Å². The molecular formula is C27H35FO2. The fourth-order valence-corrected chi connectivity index (χ4v) is 4.35. The molecule has 0 bridgehead atoms. The third-order valence-electron chi connectivity index (χ3n) is 6.23. The van der Waals surface area contributed by atoms with Gasteiger partial charge in [-0.15, -0.1) is 0 Å². The third kappa shape index (κ3) is 6.17. The molecule has 0 amide bonds. The van der Waals surface area contributed by atoms with Crippen LogP contribution in [0.4, 0.5) is 4.39 Å². The summed E-state index contributed by atoms with van der Waals surface area (Å²) >= 11 is 0. The quantitative estimate of drug-likeness (QED) is 0.402. The Labute approximate surface area is 180 Å². The van der Waals surface area contributed by atoms with E-state index in [1.54, 1.807) is 0 Å². The average Bonchev–Trinajstić information content (AvgIpc) is 2.79. The van der Waals surface area contributed by atoms with Crippen LogP contribution in [0.1, 0.15) is 82.3 Å². The first-order valence-corrected chi connectivity index (χ1v) is 11.6. The van der Waals surface area contributed by atoms with Gasteiger partial charge in [0.05, 0.1) is 0 Å². The highest BCUT2D eigenvalue weighted by Gasteiger charge is 2.27. The van der Waals surface area contributed by atoms with Crippen LogP contribution in [0.3, 0.4) is 0 Å². The molecule has 0 spiro atoms. The van der Waals surface area contributed by atoms with Crippen molar-refractivity contribution in [3.63, 3.8) is 0 Å². The van der Waals surface area contributed by atoms with Crippen LogP contribution in [0, 0.1) is 0 Å². The van der Waals surface area contributed by atoms with Crippen molar-refractivity contribution in [3.8, 4) is 11.1 Å². The highest BCUT2D eigenvalue weighted by Crippen LogP contribution is 2.35. The number of carbonyl (C=O) groups excluding carboxylic acids is 1. The number of halogens is 1. The number of hydrogen-bond donors (Lipinski definition) is 0. The van der Waals surface area contributed by atoms with Crippen molar-refractivity contribution in [1.82, 2.24) is 0 Å². The van der Waals surface area contributed by atoms with E-state index in [0.717, 1.165) is 44.9 Å². The molecular weight excluding hydrogens is 375 g/mol. The SMILES string of the molecule is CCCC[C@H](F)C(=O)OC1CCC(c2ccc(-c3ccc(CCC)cc3)cc2)CC1. The molecule has 1 saturated carbocycles. The molecule has 2 aromatic carbocycles. The van der Waals surface area contributed by atoms with E-state index in [4.69, 9.17) is 4.74 Å². The minimum Gasteiger partial charge on any atom is -0.460 e. The first kappa shape index (κ1) is 22.5. The largest absolute Gasteiger partial charge is 0.460 e. The Balaban J connectivity index is 1.50. The van der Waals surface area contributed by atoms with Crippen molar-refractivity contribution in [2.24, 2.45) is 0 Å². The van der Waals surface area contributed by atoms with Crippen LogP contribution in [-0.4, -0.2) is 18.2 Å². The highest BCUT2D eigenvalue weighted by atomic mass is 19.1. The zero-order valence-corrected chi connectivity index (χ0v) is 18.4. The zero-order chi connectivity index (χ0) is 21.3. The maximum absolute atomic E-state index is 13.8. The van der Waals surface area contributed by atoms with Crippen LogP contribution in [0.2, 0.25) is 0 Å². The zero-order valence-electron chi connectivity index (χ0n) is 18.4. The Morgan fingerprint density at radius 1 is 0.933 bits per heavy atom. The second-order valence-corrected chi connectivity index (χ2v) is 8.59. The highest BCUT2D eigenvalue weighted by molar-refractivity contribution is 5.74. The van der Waals surface area contributed by atoms with E-state index in [0.29, 0.717) is 5.92 Å². The smallest absolute Gasteiger partial charge is 0.340 e. The minimum absolute atomic E-state index is 0.130. The predicted octanol–water partition coefficient (Wildman–Crippen LogP) is 7.40. The van der Waals surface area contributed by atoms with Crippen LogP contribution in [0.25, 0.3) is 11.1 Å². The average molecular weight is 411 g/mol. The Hall–Kier alpha value is -2.16. The number of benzene rings is 2. The van der Waals surface area contributed by atoms with E-state index >= 15 is 0 Å². The van der Waals surface area contributed by atoms with Gasteiger partial charge in [-0.3, -0.25) is 0 Å². The maximum Gasteiger partial charge on any atom is 0.340 e. The van der Waals surface area contributed by atoms with Gasteiger partial charge in [0.25, 0.3) is 0 Å². The minimum atomic E-state index is -1.47. The Bertz CT molecular complexity index is 774. The Kier molecular flexibility index (Phi) is 8.48. The van der Waals surface area contributed by atoms with Crippen molar-refractivity contribution < 1.29 is 13.9 Å². The molecule has 0 aromatic heterocycles. The molecule has 3 rings (SSSR count). The van der Waals surface area contributed by atoms with Gasteiger partial charge in [-0.1, -0.05) is 81.6 Å². The second kappa shape index (κ2) is 11.3. The molecule has 162 valence electrons. The molecule has 0 saturated heterocycles. The first-order chi connectivity index (χ1) is 14.6. The second-order valence-electron chi connectivity index (χ2n) is 8.59. The summed E-state index contributed by atoms with van der Waals surface area (Å²) in [6, 6.07) is 17.7. The van der Waals surface area contributed by atoms with E-state index in [2.05, 4.69) is 55.5 Å². The van der Waals surface area contributed by atoms with E-state index in [1.807, 2.05) is 6.92 Å². The third-order valence-corrected chi connectivity index (χ3v) is 6.23. The van der Waals surface area contributed by atoms with E-state index in [1.165, 1.54) is 28.7 Å². The summed E-state index contributed by atoms with van der Waals surface area (Å²) in [5, 5.41) is 0. The normalized spacial score (nSPS) is 20.0. The lowest BCUT2D eigenvalue weighted by molar-refractivity contribution is -0.157. The van der Waals surface area contributed by atoms with Crippen molar-refractivity contribution >= 4 is 5.97 Å². The predicted molar refractivity (Wildman–Crippen MR) is 121 cm³/mol. The van der Waals surface area contributed by atoms with E-state index < -0.39 is 12.1 Å². The van der Waals surface area contributed by atoms with Crippen molar-refractivity contribution in [3.05, 3.63) is 59.7 Å². The van der Waals surface area contributed by atoms with Gasteiger partial charge in [0.15, 0.2) is 6.17 Å². The van der Waals surface area contributed by atoms with Crippen molar-refractivity contribution in [2.45, 2.75) is 89.8 Å². The summed E-state index contributed by atoms with van der Waals surface area (Å²) in [4.78, 5) is 11.9. The monoisotopic (exact) mass is 410 g/mol. The number of carbonyl (C=O) groups is 1. The van der Waals surface area contributed by atoms with Crippen LogP contribution in [0.15, 0.2) is 48.5 Å². The molecule has 0 radical (unpaired) electrons. The maximum atomic E-state index is 13.8. The molecule has 2 aromatic rings. The summed E-state index contributed by atoms with van der Waals surface area (Å²) < 4.78 is 19.3. The Morgan fingerprint density at radius 2 is 1.53 bits per heavy atom. The lowest BCUT2D eigenvalue weighted by atomic mass is 9.82. The van der Waals surface area contributed by atoms with Crippen LogP contribution >= 0.6 is 0 Å². The lowest BCUT2D eigenvalue weighted by Crippen LogP contribution is -2.28. The van der Waals surface area contributed by atoms with Gasteiger partial charge in [0, 0.05) is 0 Å². The van der Waals surface area contributed by atoms with Crippen LogP contribution in [-0.2, 0) is 16.0 Å². The summed E-state index contributed by atoms with van der Waals surface area (Å²) in [7, 11) is 0. The fourth-order valence-electron chi connectivity index (χ4n) is 4.35. The standard InChI is InChI=1S/C27H35FO2/c1-3-5-7-26(28)27(29)30-25-18-16-24(17-19-25)23-14-12-22(13-15-23)21-10-8-20(6-4-2)9-11-21/h8-15,24-26H,3-7,16-19H2,1-2H3/t24?,25?,26-/m0/s1. The number of alkyl halides is 1. The van der Waals surface area contributed by atoms with Crippen LogP contribution < -0.4 is 0 Å². The summed E-state index contributed by atoms with van der Waals surface area (Å²) in [5.41, 5.74) is 5.23. The van der Waals surface area contributed by atoms with E-state index in [9.17, 15) is 9.18 Å². The summed E-state index contributed by atoms with van der Waals surface area (Å²) in [6.45, 7) is 4.20. The number of esters is 1. The molecule has 0 aliphatic heterocycles. The molecule has 30 heavy (non-hydrogen) atoms. The van der Waals surface area contributed by atoms with Gasteiger partial charge in [-0.05, 0) is 66.7 Å². The van der Waals surface area contributed by atoms with Gasteiger partial charge in [0.2, 0.25) is 0 Å². The number of unbranched alkanes of at least 4 members (excludes halogenated alkanes) is 1. The topological polar surface area (TPSA) is 26.3 Å². The molecule has 1 fully saturated rings. The van der Waals surface area contributed by atoms with Gasteiger partial charge >= 0.3 is 5.97 Å². The molecule has 2 nitrogen and oxygen atoms in total. The molecule has 1 atom stereocenters. The summed E-state index contributed by atoms with van der Waals surface area (Å²) in [6.07, 6.45) is 6.19. The lowest BCUT2D eigenvalue weighted by Gasteiger charge is -2.29. The summed E-state index contributed by atoms with van der Waals surface area (Å²) in [5.74, 6) is -0.177. The van der Waals surface area contributed by atoms with Crippen molar-refractivity contribution in [1.29, 1.82) is 0 Å². The van der Waals surface area contributed by atoms with Gasteiger partial charge < -0.3 is 4.74 Å². The van der Waals surface area contributed by atoms with Gasteiger partial charge in [0.1, 0.15) is 6.10 Å². The number of rotatable bonds is 9. The molecule has 3 heteroatoms. The molecule has 0 N–H and O–H groups in total. The fraction of sp³-hybridized carbons (Fsp3) is 0.519. The number of ether oxygens (including phenoxy) is 1. The number of hydrogen-bond acceptors (Lipinski definition) is 2. The first-order valence-electron chi connectivity index (χ1n) is 11.6. The van der Waals surface area contributed by atoms with Gasteiger partial charge in [-0.25, -0.2) is 9.18 Å². The molecule has 1 aliphatic carbocycles. The van der Waals surface area contributed by atoms with Crippen molar-refractivity contribution in [2.75, 3.05) is 0 Å². The molecule has 1 aliphatic rings. The van der Waals surface area contributed by atoms with Gasteiger partial charge in [-0.2, -0.15) is 0 Å². The number of aryl methyl sites for hydroxylation is 1. The molecule has 0 heterocycles. The van der Waals surface area contributed by atoms with E-state index in [-0.39, 0.29) is 12.5 Å².